The predicted octanol–water partition coefficient (Wildman–Crippen LogP) is 3.84. The summed E-state index contributed by atoms with van der Waals surface area (Å²) in [5.74, 6) is -0.0346. The second kappa shape index (κ2) is 18.2. The summed E-state index contributed by atoms with van der Waals surface area (Å²) in [6.07, 6.45) is 3.98. The van der Waals surface area contributed by atoms with Crippen LogP contribution >= 0.6 is 24.4 Å². The Balaban J connectivity index is 1.04. The van der Waals surface area contributed by atoms with Gasteiger partial charge in [-0.1, -0.05) is 24.3 Å². The number of likely N-dealkylation sites (tertiary alicyclic amines) is 2. The summed E-state index contributed by atoms with van der Waals surface area (Å²) in [6.45, 7) is 5.43. The normalized spacial score (nSPS) is 22.1. The zero-order valence-electron chi connectivity index (χ0n) is 32.0. The number of carbonyl (C=O) groups excluding carboxylic acids is 4. The molecule has 0 saturated carbocycles. The first-order valence-electron chi connectivity index (χ1n) is 18.8. The van der Waals surface area contributed by atoms with E-state index in [1.54, 1.807) is 9.80 Å². The summed E-state index contributed by atoms with van der Waals surface area (Å²) in [6, 6.07) is 12.8. The van der Waals surface area contributed by atoms with E-state index in [0.29, 0.717) is 109 Å². The molecule has 56 heavy (non-hydrogen) atoms. The molecule has 6 rings (SSSR count). The number of hydrogen-bond acceptors (Lipinski definition) is 10. The molecule has 2 aromatic rings. The third-order valence-corrected chi connectivity index (χ3v) is 10.9. The molecule has 2 unspecified atom stereocenters. The molecule has 4 aliphatic rings. The number of amides is 2. The number of thiocarbonyl (C=S) groups is 2. The number of esters is 2. The molecule has 0 aromatic heterocycles. The van der Waals surface area contributed by atoms with Crippen LogP contribution in [-0.4, -0.2) is 96.4 Å². The molecule has 2 aromatic carbocycles. The van der Waals surface area contributed by atoms with Gasteiger partial charge in [-0.15, -0.1) is 0 Å². The van der Waals surface area contributed by atoms with E-state index >= 15 is 0 Å². The van der Waals surface area contributed by atoms with E-state index < -0.39 is 36.1 Å². The fraction of sp³-hybridized carbons (Fsp3) is 0.450. The molecule has 2 saturated heterocycles. The van der Waals surface area contributed by atoms with Crippen molar-refractivity contribution in [1.82, 2.24) is 31.1 Å². The number of unbranched alkanes of at least 4 members (excludes halogenated alkanes) is 1. The first-order chi connectivity index (χ1) is 27.0. The Hall–Kier alpha value is -5.22. The molecule has 0 aliphatic carbocycles. The summed E-state index contributed by atoms with van der Waals surface area (Å²) >= 11 is 10.9. The zero-order chi connectivity index (χ0) is 39.9. The highest BCUT2D eigenvalue weighted by molar-refractivity contribution is 7.80. The SMILES string of the molecule is COC(=O)[C@@H]1CCCN1C(=O)C1=C(C)NC(=S)NC1c1cccc(OCCCCOc2cccc(C3NC(=S)NC(C)=C3C(=O)N3CCC[C@H]3C(=O)OC)c2)c1. The minimum atomic E-state index is -0.622. The minimum Gasteiger partial charge on any atom is -0.494 e. The van der Waals surface area contributed by atoms with Crippen molar-refractivity contribution in [3.8, 4) is 11.5 Å². The number of methoxy groups -OCH3 is 2. The maximum absolute atomic E-state index is 13.9. The highest BCUT2D eigenvalue weighted by atomic mass is 32.1. The zero-order valence-corrected chi connectivity index (χ0v) is 33.6. The van der Waals surface area contributed by atoms with Gasteiger partial charge in [0.25, 0.3) is 11.8 Å². The van der Waals surface area contributed by atoms with E-state index in [2.05, 4.69) is 21.3 Å². The van der Waals surface area contributed by atoms with Crippen LogP contribution in [0.25, 0.3) is 0 Å². The van der Waals surface area contributed by atoms with Gasteiger partial charge in [-0.2, -0.15) is 0 Å². The van der Waals surface area contributed by atoms with Crippen LogP contribution in [0.2, 0.25) is 0 Å². The maximum atomic E-state index is 13.9. The van der Waals surface area contributed by atoms with E-state index in [1.807, 2.05) is 62.4 Å². The van der Waals surface area contributed by atoms with Crippen molar-refractivity contribution in [2.24, 2.45) is 0 Å². The molecule has 0 radical (unpaired) electrons. The molecule has 0 spiro atoms. The summed E-state index contributed by atoms with van der Waals surface area (Å²) in [5, 5.41) is 13.4. The molecule has 4 aliphatic heterocycles. The van der Waals surface area contributed by atoms with Crippen LogP contribution < -0.4 is 30.7 Å². The standard InChI is InChI=1S/C40H48N6O8S2/c1-23-31(35(47)45-17-9-15-29(45)37(49)51-3)33(43-39(55)41-23)25-11-7-13-27(21-25)53-19-5-6-20-54-28-14-8-12-26(22-28)34-32(24(2)42-40(56)44-34)36(48)46-18-10-16-30(46)38(50)52-4/h7-8,11-14,21-22,29-30,33-34H,5-6,9-10,15-20H2,1-4H3,(H2,41,43,55)(H2,42,44,56)/t29-,30-,33?,34?/m0/s1. The van der Waals surface area contributed by atoms with Crippen molar-refractivity contribution < 1.29 is 38.1 Å². The third-order valence-electron chi connectivity index (χ3n) is 10.4. The van der Waals surface area contributed by atoms with E-state index in [9.17, 15) is 19.2 Å². The lowest BCUT2D eigenvalue weighted by molar-refractivity contribution is -0.150. The number of nitrogens with zero attached hydrogens (tertiary/aromatic N) is 2. The van der Waals surface area contributed by atoms with Crippen molar-refractivity contribution in [1.29, 1.82) is 0 Å². The van der Waals surface area contributed by atoms with Gasteiger partial charge in [0, 0.05) is 24.5 Å². The summed E-state index contributed by atoms with van der Waals surface area (Å²) in [4.78, 5) is 55.8. The van der Waals surface area contributed by atoms with Crippen molar-refractivity contribution in [3.63, 3.8) is 0 Å². The van der Waals surface area contributed by atoms with Crippen molar-refractivity contribution in [2.45, 2.75) is 76.5 Å². The van der Waals surface area contributed by atoms with Crippen molar-refractivity contribution in [2.75, 3.05) is 40.5 Å². The highest BCUT2D eigenvalue weighted by Gasteiger charge is 2.41. The van der Waals surface area contributed by atoms with E-state index in [1.165, 1.54) is 14.2 Å². The van der Waals surface area contributed by atoms with Gasteiger partial charge in [0.15, 0.2) is 10.2 Å². The predicted molar refractivity (Wildman–Crippen MR) is 215 cm³/mol. The number of benzene rings is 2. The van der Waals surface area contributed by atoms with Gasteiger partial charge in [-0.25, -0.2) is 9.59 Å². The molecule has 2 fully saturated rings. The van der Waals surface area contributed by atoms with E-state index in [0.717, 1.165) is 11.1 Å². The number of nitrogens with one attached hydrogen (secondary N) is 4. The Morgan fingerprint density at radius 2 is 1.09 bits per heavy atom. The van der Waals surface area contributed by atoms with E-state index in [-0.39, 0.29) is 11.8 Å². The number of rotatable bonds is 13. The highest BCUT2D eigenvalue weighted by Crippen LogP contribution is 2.34. The molecule has 4 N–H and O–H groups in total. The lowest BCUT2D eigenvalue weighted by atomic mass is 9.94. The monoisotopic (exact) mass is 804 g/mol. The number of allylic oxidation sites excluding steroid dienone is 2. The quantitative estimate of drug-likeness (QED) is 0.132. The van der Waals surface area contributed by atoms with Gasteiger partial charge in [-0.3, -0.25) is 9.59 Å². The van der Waals surface area contributed by atoms with Gasteiger partial charge in [0.05, 0.1) is 50.7 Å². The molecule has 298 valence electrons. The molecule has 4 heterocycles. The number of ether oxygens (including phenoxy) is 4. The summed E-state index contributed by atoms with van der Waals surface area (Å²) < 4.78 is 22.2. The fourth-order valence-corrected chi connectivity index (χ4v) is 8.24. The Bertz CT molecular complexity index is 1810. The van der Waals surface area contributed by atoms with Gasteiger partial charge in [0.2, 0.25) is 0 Å². The Labute approximate surface area is 337 Å². The first kappa shape index (κ1) is 40.4. The Kier molecular flexibility index (Phi) is 13.1. The van der Waals surface area contributed by atoms with Gasteiger partial charge >= 0.3 is 11.9 Å². The molecular weight excluding hydrogens is 757 g/mol. The Morgan fingerprint density at radius 1 is 0.679 bits per heavy atom. The number of hydrogen-bond donors (Lipinski definition) is 4. The first-order valence-corrected chi connectivity index (χ1v) is 19.6. The van der Waals surface area contributed by atoms with Crippen LogP contribution in [0.1, 0.15) is 75.6 Å². The summed E-state index contributed by atoms with van der Waals surface area (Å²) in [5.41, 5.74) is 3.83. The Morgan fingerprint density at radius 3 is 1.48 bits per heavy atom. The van der Waals surface area contributed by atoms with Crippen molar-refractivity contribution in [3.05, 3.63) is 82.2 Å². The summed E-state index contributed by atoms with van der Waals surface area (Å²) in [7, 11) is 2.67. The van der Waals surface area contributed by atoms with Gasteiger partial charge in [0.1, 0.15) is 23.6 Å². The molecule has 14 nitrogen and oxygen atoms in total. The van der Waals surface area contributed by atoms with Crippen LogP contribution in [0.5, 0.6) is 11.5 Å². The van der Waals surface area contributed by atoms with Crippen LogP contribution in [-0.2, 0) is 28.7 Å². The number of carbonyl (C=O) groups is 4. The lowest BCUT2D eigenvalue weighted by Gasteiger charge is -2.33. The van der Waals surface area contributed by atoms with Crippen LogP contribution in [0.4, 0.5) is 0 Å². The molecule has 2 amide bonds. The largest absolute Gasteiger partial charge is 0.494 e. The van der Waals surface area contributed by atoms with Crippen LogP contribution in [0, 0.1) is 0 Å². The average Bonchev–Trinajstić information content (AvgIpc) is 3.89. The topological polar surface area (TPSA) is 160 Å². The second-order valence-corrected chi connectivity index (χ2v) is 14.9. The van der Waals surface area contributed by atoms with Gasteiger partial charge in [-0.05, 0) is 112 Å². The van der Waals surface area contributed by atoms with Crippen LogP contribution in [0.3, 0.4) is 0 Å². The van der Waals surface area contributed by atoms with Crippen molar-refractivity contribution >= 4 is 58.4 Å². The third kappa shape index (κ3) is 8.91. The van der Waals surface area contributed by atoms with Gasteiger partial charge < -0.3 is 50.0 Å². The maximum Gasteiger partial charge on any atom is 0.328 e. The molecular formula is C40H48N6O8S2. The molecule has 0 bridgehead atoms. The lowest BCUT2D eigenvalue weighted by Crippen LogP contribution is -2.49. The second-order valence-electron chi connectivity index (χ2n) is 14.0. The van der Waals surface area contributed by atoms with E-state index in [4.69, 9.17) is 43.4 Å². The average molecular weight is 805 g/mol. The van der Waals surface area contributed by atoms with Crippen LogP contribution in [0.15, 0.2) is 71.1 Å². The molecule has 4 atom stereocenters. The fourth-order valence-electron chi connectivity index (χ4n) is 7.70. The smallest absolute Gasteiger partial charge is 0.328 e. The molecule has 16 heteroatoms. The minimum absolute atomic E-state index is 0.244.